The van der Waals surface area contributed by atoms with Crippen LogP contribution in [0, 0.1) is 0 Å². The van der Waals surface area contributed by atoms with Crippen molar-refractivity contribution in [2.24, 2.45) is 0 Å². The number of ether oxygens (including phenoxy) is 1. The summed E-state index contributed by atoms with van der Waals surface area (Å²) in [6.45, 7) is 0. The molecule has 96 valence electrons. The number of aromatic nitrogens is 3. The normalized spacial score (nSPS) is 10.6. The summed E-state index contributed by atoms with van der Waals surface area (Å²) in [5, 5.41) is 6.92. The number of hydrogen-bond acceptors (Lipinski definition) is 4. The fraction of sp³-hybridized carbons (Fsp3) is 0.200. The minimum absolute atomic E-state index is 0.315. The quantitative estimate of drug-likeness (QED) is 0.658. The summed E-state index contributed by atoms with van der Waals surface area (Å²) in [4.78, 5) is 13.3. The van der Waals surface area contributed by atoms with Crippen LogP contribution < -0.4 is 10.4 Å². The van der Waals surface area contributed by atoms with Crippen LogP contribution in [0.25, 0.3) is 0 Å². The van der Waals surface area contributed by atoms with E-state index in [0.29, 0.717) is 33.3 Å². The highest BCUT2D eigenvalue weighted by atomic mass is 35.5. The predicted octanol–water partition coefficient (Wildman–Crippen LogP) is 2.67. The average molecular weight is 306 g/mol. The van der Waals surface area contributed by atoms with Crippen molar-refractivity contribution in [3.05, 3.63) is 44.6 Å². The van der Waals surface area contributed by atoms with E-state index in [1.54, 1.807) is 18.2 Å². The Balaban J connectivity index is 1.82. The number of thioether (sulfide) groups is 1. The van der Waals surface area contributed by atoms with Crippen LogP contribution in [0.1, 0.15) is 5.82 Å². The third kappa shape index (κ3) is 3.44. The van der Waals surface area contributed by atoms with Gasteiger partial charge in [-0.15, -0.1) is 11.8 Å². The molecule has 0 radical (unpaired) electrons. The first kappa shape index (κ1) is 13.3. The van der Waals surface area contributed by atoms with Crippen LogP contribution in [0.4, 0.5) is 0 Å². The van der Waals surface area contributed by atoms with Crippen molar-refractivity contribution in [3.63, 3.8) is 0 Å². The summed E-state index contributed by atoms with van der Waals surface area (Å²) in [5.41, 5.74) is -0.315. The zero-order valence-electron chi connectivity index (χ0n) is 9.07. The Bertz CT molecular complexity index is 584. The number of H-pyrrole nitrogens is 2. The van der Waals surface area contributed by atoms with E-state index in [9.17, 15) is 4.79 Å². The highest BCUT2D eigenvalue weighted by Gasteiger charge is 2.05. The molecule has 0 atom stereocenters. The predicted molar refractivity (Wildman–Crippen MR) is 72.5 cm³/mol. The first-order valence-electron chi connectivity index (χ1n) is 4.95. The molecule has 1 heterocycles. The average Bonchev–Trinajstić information content (AvgIpc) is 2.76. The van der Waals surface area contributed by atoms with E-state index in [1.165, 1.54) is 11.8 Å². The first-order valence-corrected chi connectivity index (χ1v) is 6.86. The molecule has 0 aliphatic carbocycles. The minimum Gasteiger partial charge on any atom is -0.481 e. The monoisotopic (exact) mass is 305 g/mol. The molecule has 2 N–H and O–H groups in total. The second-order valence-corrected chi connectivity index (χ2v) is 5.00. The van der Waals surface area contributed by atoms with Gasteiger partial charge in [-0.25, -0.2) is 9.89 Å². The molecule has 0 spiro atoms. The molecule has 0 saturated carbocycles. The minimum atomic E-state index is -0.315. The number of hydrogen-bond donors (Lipinski definition) is 2. The summed E-state index contributed by atoms with van der Waals surface area (Å²) >= 11 is 13.3. The van der Waals surface area contributed by atoms with Gasteiger partial charge in [0.25, 0.3) is 0 Å². The van der Waals surface area contributed by atoms with E-state index in [2.05, 4.69) is 15.2 Å². The summed E-state index contributed by atoms with van der Waals surface area (Å²) < 4.78 is 5.46. The Labute approximate surface area is 117 Å². The van der Waals surface area contributed by atoms with Crippen LogP contribution in [-0.2, 0) is 5.75 Å². The highest BCUT2D eigenvalue weighted by Crippen LogP contribution is 2.31. The van der Waals surface area contributed by atoms with Gasteiger partial charge in [0.2, 0.25) is 0 Å². The molecule has 0 aliphatic rings. The topological polar surface area (TPSA) is 70.8 Å². The van der Waals surface area contributed by atoms with E-state index < -0.39 is 0 Å². The fourth-order valence-electron chi connectivity index (χ4n) is 1.21. The van der Waals surface area contributed by atoms with E-state index in [1.807, 2.05) is 0 Å². The second kappa shape index (κ2) is 6.17. The van der Waals surface area contributed by atoms with Crippen molar-refractivity contribution in [1.82, 2.24) is 15.2 Å². The van der Waals surface area contributed by atoms with Crippen molar-refractivity contribution < 1.29 is 4.74 Å². The third-order valence-corrected chi connectivity index (χ3v) is 3.57. The van der Waals surface area contributed by atoms with Crippen molar-refractivity contribution >= 4 is 35.0 Å². The lowest BCUT2D eigenvalue weighted by Gasteiger charge is -2.07. The maximum absolute atomic E-state index is 10.8. The van der Waals surface area contributed by atoms with Crippen molar-refractivity contribution in [1.29, 1.82) is 0 Å². The molecule has 0 aliphatic heterocycles. The molecule has 1 aromatic carbocycles. The Morgan fingerprint density at radius 3 is 2.94 bits per heavy atom. The van der Waals surface area contributed by atoms with Crippen LogP contribution in [0.2, 0.25) is 10.0 Å². The zero-order chi connectivity index (χ0) is 13.0. The highest BCUT2D eigenvalue weighted by molar-refractivity contribution is 7.98. The van der Waals surface area contributed by atoms with Gasteiger partial charge in [-0.2, -0.15) is 5.10 Å². The summed E-state index contributed by atoms with van der Waals surface area (Å²) in [6, 6.07) is 5.20. The van der Waals surface area contributed by atoms with Crippen LogP contribution in [0.15, 0.2) is 23.0 Å². The molecule has 0 unspecified atom stereocenters. The number of nitrogens with zero attached hydrogens (tertiary/aromatic N) is 1. The van der Waals surface area contributed by atoms with Gasteiger partial charge in [-0.1, -0.05) is 29.3 Å². The van der Waals surface area contributed by atoms with Gasteiger partial charge >= 0.3 is 5.69 Å². The molecular weight excluding hydrogens is 297 g/mol. The molecule has 0 amide bonds. The molecule has 8 heteroatoms. The van der Waals surface area contributed by atoms with Gasteiger partial charge in [0, 0.05) is 0 Å². The first-order chi connectivity index (χ1) is 8.66. The lowest BCUT2D eigenvalue weighted by Crippen LogP contribution is -2.01. The van der Waals surface area contributed by atoms with Crippen molar-refractivity contribution in [3.8, 4) is 5.75 Å². The van der Waals surface area contributed by atoms with Crippen LogP contribution in [-0.4, -0.2) is 21.1 Å². The van der Waals surface area contributed by atoms with Gasteiger partial charge in [-0.3, -0.25) is 4.98 Å². The van der Waals surface area contributed by atoms with Crippen LogP contribution >= 0.6 is 35.0 Å². The molecular formula is C10H9Cl2N3O2S. The van der Waals surface area contributed by atoms with Gasteiger partial charge < -0.3 is 4.74 Å². The Morgan fingerprint density at radius 2 is 2.22 bits per heavy atom. The Hall–Kier alpha value is -1.11. The fourth-order valence-corrected chi connectivity index (χ4v) is 2.18. The number of benzene rings is 1. The number of nitrogens with one attached hydrogen (secondary N) is 2. The van der Waals surface area contributed by atoms with E-state index in [-0.39, 0.29) is 5.69 Å². The standard InChI is InChI=1S/C10H9Cl2N3O2S/c11-6-2-1-3-7(9(6)12)17-5-18-4-8-13-10(16)15-14-8/h1-3H,4-5H2,(H2,13,14,15,16). The SMILES string of the molecule is O=c1[nH]nc(CSCOc2cccc(Cl)c2Cl)[nH]1. The number of aromatic amines is 2. The van der Waals surface area contributed by atoms with E-state index >= 15 is 0 Å². The molecule has 0 saturated heterocycles. The summed E-state index contributed by atoms with van der Waals surface area (Å²) in [7, 11) is 0. The molecule has 2 aromatic rings. The lowest BCUT2D eigenvalue weighted by atomic mass is 10.3. The summed E-state index contributed by atoms with van der Waals surface area (Å²) in [5.74, 6) is 2.03. The Kier molecular flexibility index (Phi) is 4.57. The molecule has 5 nitrogen and oxygen atoms in total. The lowest BCUT2D eigenvalue weighted by molar-refractivity contribution is 0.393. The second-order valence-electron chi connectivity index (χ2n) is 3.29. The molecule has 0 fully saturated rings. The number of rotatable bonds is 5. The van der Waals surface area contributed by atoms with Gasteiger partial charge in [0.05, 0.1) is 10.8 Å². The third-order valence-electron chi connectivity index (χ3n) is 2.00. The van der Waals surface area contributed by atoms with Crippen LogP contribution in [0.3, 0.4) is 0 Å². The largest absolute Gasteiger partial charge is 0.481 e. The maximum Gasteiger partial charge on any atom is 0.340 e. The van der Waals surface area contributed by atoms with Crippen LogP contribution in [0.5, 0.6) is 5.75 Å². The molecule has 1 aromatic heterocycles. The van der Waals surface area contributed by atoms with E-state index in [0.717, 1.165) is 0 Å². The van der Waals surface area contributed by atoms with Crippen molar-refractivity contribution in [2.45, 2.75) is 5.75 Å². The van der Waals surface area contributed by atoms with Gasteiger partial charge in [0.15, 0.2) is 0 Å². The number of halogens is 2. The van der Waals surface area contributed by atoms with Gasteiger partial charge in [-0.05, 0) is 12.1 Å². The smallest absolute Gasteiger partial charge is 0.340 e. The van der Waals surface area contributed by atoms with Gasteiger partial charge in [0.1, 0.15) is 22.5 Å². The van der Waals surface area contributed by atoms with Crippen molar-refractivity contribution in [2.75, 3.05) is 5.94 Å². The molecule has 2 rings (SSSR count). The summed E-state index contributed by atoms with van der Waals surface area (Å²) in [6.07, 6.45) is 0. The maximum atomic E-state index is 10.8. The zero-order valence-corrected chi connectivity index (χ0v) is 11.4. The molecule has 18 heavy (non-hydrogen) atoms. The van der Waals surface area contributed by atoms with E-state index in [4.69, 9.17) is 27.9 Å². The Morgan fingerprint density at radius 1 is 1.39 bits per heavy atom. The molecule has 0 bridgehead atoms.